The van der Waals surface area contributed by atoms with Crippen LogP contribution < -0.4 is 5.32 Å². The smallest absolute Gasteiger partial charge is 0.269 e. The van der Waals surface area contributed by atoms with Gasteiger partial charge in [0.25, 0.3) is 11.6 Å². The van der Waals surface area contributed by atoms with Crippen LogP contribution in [-0.4, -0.2) is 15.8 Å². The molecule has 0 fully saturated rings. The van der Waals surface area contributed by atoms with E-state index < -0.39 is 4.92 Å². The van der Waals surface area contributed by atoms with Crippen LogP contribution in [0.3, 0.4) is 0 Å². The van der Waals surface area contributed by atoms with Crippen LogP contribution in [0, 0.1) is 30.9 Å². The molecule has 3 aromatic rings. The number of fused-ring (bicyclic) bond motifs is 1. The van der Waals surface area contributed by atoms with Crippen LogP contribution in [-0.2, 0) is 0 Å². The normalized spacial score (nSPS) is 10.7. The molecule has 6 heteroatoms. The molecule has 0 bridgehead atoms. The number of aromatic nitrogens is 1. The van der Waals surface area contributed by atoms with Gasteiger partial charge in [-0.15, -0.1) is 0 Å². The van der Waals surface area contributed by atoms with E-state index in [9.17, 15) is 14.9 Å². The highest BCUT2D eigenvalue weighted by molar-refractivity contribution is 6.09. The second-order valence-electron chi connectivity index (χ2n) is 6.05. The second-order valence-corrected chi connectivity index (χ2v) is 6.05. The maximum absolute atomic E-state index is 12.5. The van der Waals surface area contributed by atoms with E-state index in [0.29, 0.717) is 11.3 Å². The fourth-order valence-electron chi connectivity index (χ4n) is 2.84. The standard InChI is InChI=1S/C19H17N3O3/c1-11-8-12(2)18-16(9-11)17(10-13(3)20-18)21-19(23)14-4-6-15(7-5-14)22(24)25/h4-10H,1-3H3,(H,20,21,23). The Kier molecular flexibility index (Phi) is 4.19. The van der Waals surface area contributed by atoms with Crippen LogP contribution in [0.25, 0.3) is 10.9 Å². The summed E-state index contributed by atoms with van der Waals surface area (Å²) in [6.45, 7) is 5.86. The number of nitrogens with zero attached hydrogens (tertiary/aromatic N) is 2. The Bertz CT molecular complexity index is 995. The number of carbonyl (C=O) groups is 1. The minimum absolute atomic E-state index is 0.0481. The quantitative estimate of drug-likeness (QED) is 0.570. The summed E-state index contributed by atoms with van der Waals surface area (Å²) in [6.07, 6.45) is 0. The van der Waals surface area contributed by atoms with Crippen molar-refractivity contribution in [2.75, 3.05) is 5.32 Å². The van der Waals surface area contributed by atoms with Gasteiger partial charge in [-0.05, 0) is 50.6 Å². The molecule has 0 aliphatic rings. The number of nitro benzene ring substituents is 1. The zero-order chi connectivity index (χ0) is 18.1. The Morgan fingerprint density at radius 1 is 1.08 bits per heavy atom. The summed E-state index contributed by atoms with van der Waals surface area (Å²) in [5, 5.41) is 14.5. The third-order valence-corrected chi connectivity index (χ3v) is 3.96. The van der Waals surface area contributed by atoms with Gasteiger partial charge in [-0.25, -0.2) is 0 Å². The lowest BCUT2D eigenvalue weighted by Gasteiger charge is -2.12. The van der Waals surface area contributed by atoms with E-state index in [0.717, 1.165) is 27.7 Å². The summed E-state index contributed by atoms with van der Waals surface area (Å²) in [5.41, 5.74) is 4.78. The number of pyridine rings is 1. The van der Waals surface area contributed by atoms with Crippen LogP contribution in [0.4, 0.5) is 11.4 Å². The monoisotopic (exact) mass is 335 g/mol. The first-order valence-corrected chi connectivity index (χ1v) is 7.79. The van der Waals surface area contributed by atoms with Crippen molar-refractivity contribution in [2.24, 2.45) is 0 Å². The first-order chi connectivity index (χ1) is 11.8. The number of aryl methyl sites for hydroxylation is 3. The molecule has 126 valence electrons. The minimum Gasteiger partial charge on any atom is -0.321 e. The number of nitro groups is 1. The summed E-state index contributed by atoms with van der Waals surface area (Å²) in [6, 6.07) is 11.4. The van der Waals surface area contributed by atoms with Crippen molar-refractivity contribution in [1.29, 1.82) is 0 Å². The van der Waals surface area contributed by atoms with Crippen molar-refractivity contribution in [1.82, 2.24) is 4.98 Å². The number of carbonyl (C=O) groups excluding carboxylic acids is 1. The van der Waals surface area contributed by atoms with Crippen molar-refractivity contribution in [3.05, 3.63) is 75.0 Å². The maximum Gasteiger partial charge on any atom is 0.269 e. The lowest BCUT2D eigenvalue weighted by Crippen LogP contribution is -2.12. The van der Waals surface area contributed by atoms with Crippen molar-refractivity contribution in [3.8, 4) is 0 Å². The van der Waals surface area contributed by atoms with Crippen LogP contribution in [0.1, 0.15) is 27.2 Å². The van der Waals surface area contributed by atoms with Gasteiger partial charge in [-0.1, -0.05) is 11.6 Å². The van der Waals surface area contributed by atoms with E-state index in [4.69, 9.17) is 0 Å². The zero-order valence-corrected chi connectivity index (χ0v) is 14.2. The molecule has 0 unspecified atom stereocenters. The third kappa shape index (κ3) is 3.33. The first-order valence-electron chi connectivity index (χ1n) is 7.79. The predicted octanol–water partition coefficient (Wildman–Crippen LogP) is 4.32. The number of benzene rings is 2. The number of anilines is 1. The Morgan fingerprint density at radius 2 is 1.76 bits per heavy atom. The highest BCUT2D eigenvalue weighted by atomic mass is 16.6. The fourth-order valence-corrected chi connectivity index (χ4v) is 2.84. The molecule has 25 heavy (non-hydrogen) atoms. The molecule has 1 amide bonds. The molecular weight excluding hydrogens is 318 g/mol. The van der Waals surface area contributed by atoms with Gasteiger partial charge in [0.2, 0.25) is 0 Å². The van der Waals surface area contributed by atoms with Crippen molar-refractivity contribution < 1.29 is 9.72 Å². The zero-order valence-electron chi connectivity index (χ0n) is 14.2. The predicted molar refractivity (Wildman–Crippen MR) is 97.0 cm³/mol. The van der Waals surface area contributed by atoms with E-state index >= 15 is 0 Å². The summed E-state index contributed by atoms with van der Waals surface area (Å²) in [5.74, 6) is -0.319. The van der Waals surface area contributed by atoms with E-state index in [-0.39, 0.29) is 11.6 Å². The molecule has 1 heterocycles. The third-order valence-electron chi connectivity index (χ3n) is 3.96. The Hall–Kier alpha value is -3.28. The molecule has 1 N–H and O–H groups in total. The molecule has 0 atom stereocenters. The number of hydrogen-bond donors (Lipinski definition) is 1. The molecule has 1 aromatic heterocycles. The van der Waals surface area contributed by atoms with Crippen molar-refractivity contribution >= 4 is 28.2 Å². The highest BCUT2D eigenvalue weighted by Gasteiger charge is 2.13. The summed E-state index contributed by atoms with van der Waals surface area (Å²) in [7, 11) is 0. The molecule has 0 spiro atoms. The molecule has 3 rings (SSSR count). The fraction of sp³-hybridized carbons (Fsp3) is 0.158. The molecule has 0 saturated carbocycles. The number of hydrogen-bond acceptors (Lipinski definition) is 4. The number of amides is 1. The van der Waals surface area contributed by atoms with Crippen molar-refractivity contribution in [3.63, 3.8) is 0 Å². The maximum atomic E-state index is 12.5. The molecule has 0 saturated heterocycles. The van der Waals surface area contributed by atoms with Gasteiger partial charge < -0.3 is 5.32 Å². The summed E-state index contributed by atoms with van der Waals surface area (Å²) in [4.78, 5) is 27.3. The summed E-state index contributed by atoms with van der Waals surface area (Å²) < 4.78 is 0. The highest BCUT2D eigenvalue weighted by Crippen LogP contribution is 2.27. The molecule has 6 nitrogen and oxygen atoms in total. The number of nitrogens with one attached hydrogen (secondary N) is 1. The SMILES string of the molecule is Cc1cc(C)c2nc(C)cc(NC(=O)c3ccc([N+](=O)[O-])cc3)c2c1. The van der Waals surface area contributed by atoms with E-state index in [1.165, 1.54) is 24.3 Å². The average Bonchev–Trinajstić information content (AvgIpc) is 2.56. The molecule has 0 aliphatic carbocycles. The topological polar surface area (TPSA) is 85.1 Å². The van der Waals surface area contributed by atoms with E-state index in [2.05, 4.69) is 16.4 Å². The van der Waals surface area contributed by atoms with E-state index in [1.54, 1.807) is 0 Å². The number of non-ortho nitro benzene ring substituents is 1. The van der Waals surface area contributed by atoms with Gasteiger partial charge in [0.05, 0.1) is 16.1 Å². The van der Waals surface area contributed by atoms with Crippen LogP contribution in [0.15, 0.2) is 42.5 Å². The van der Waals surface area contributed by atoms with Crippen LogP contribution in [0.5, 0.6) is 0 Å². The van der Waals surface area contributed by atoms with Crippen molar-refractivity contribution in [2.45, 2.75) is 20.8 Å². The molecule has 0 aliphatic heterocycles. The Morgan fingerprint density at radius 3 is 2.40 bits per heavy atom. The van der Waals surface area contributed by atoms with E-state index in [1.807, 2.05) is 32.9 Å². The van der Waals surface area contributed by atoms with Gasteiger partial charge in [-0.2, -0.15) is 0 Å². The van der Waals surface area contributed by atoms with Gasteiger partial charge in [0.15, 0.2) is 0 Å². The Labute approximate surface area is 144 Å². The lowest BCUT2D eigenvalue weighted by atomic mass is 10.0. The number of rotatable bonds is 3. The summed E-state index contributed by atoms with van der Waals surface area (Å²) >= 11 is 0. The van der Waals surface area contributed by atoms with Crippen LogP contribution >= 0.6 is 0 Å². The second kappa shape index (κ2) is 6.32. The first kappa shape index (κ1) is 16.6. The van der Waals surface area contributed by atoms with Gasteiger partial charge in [0.1, 0.15) is 0 Å². The van der Waals surface area contributed by atoms with Gasteiger partial charge in [-0.3, -0.25) is 19.9 Å². The molecule has 0 radical (unpaired) electrons. The lowest BCUT2D eigenvalue weighted by molar-refractivity contribution is -0.384. The Balaban J connectivity index is 1.99. The largest absolute Gasteiger partial charge is 0.321 e. The molecular formula is C19H17N3O3. The minimum atomic E-state index is -0.493. The van der Waals surface area contributed by atoms with Gasteiger partial charge >= 0.3 is 0 Å². The average molecular weight is 335 g/mol. The molecule has 2 aromatic carbocycles. The van der Waals surface area contributed by atoms with Crippen LogP contribution in [0.2, 0.25) is 0 Å². The van der Waals surface area contributed by atoms with Gasteiger partial charge in [0, 0.05) is 28.8 Å².